The largest absolute Gasteiger partial charge is 0.481 e. The number of nitrogen functional groups attached to an aromatic ring is 1. The average Bonchev–Trinajstić information content (AvgIpc) is 3.57. The molecular weight excluding hydrogens is 398 g/mol. The van der Waals surface area contributed by atoms with Gasteiger partial charge < -0.3 is 20.7 Å². The Morgan fingerprint density at radius 2 is 1.84 bits per heavy atom. The number of carbonyl (C=O) groups excluding carboxylic acids is 1. The second kappa shape index (κ2) is 9.53. The van der Waals surface area contributed by atoms with Crippen LogP contribution in [0.25, 0.3) is 0 Å². The number of ether oxygens (including phenoxy) is 1. The average molecular weight is 436 g/mol. The predicted molar refractivity (Wildman–Crippen MR) is 130 cm³/mol. The second-order valence-corrected chi connectivity index (χ2v) is 9.71. The quantitative estimate of drug-likeness (QED) is 0.635. The van der Waals surface area contributed by atoms with Gasteiger partial charge in [-0.1, -0.05) is 30.3 Å². The number of rotatable bonds is 7. The van der Waals surface area contributed by atoms with E-state index < -0.39 is 6.10 Å². The number of piperidine rings is 1. The van der Waals surface area contributed by atoms with Crippen molar-refractivity contribution < 1.29 is 9.53 Å². The van der Waals surface area contributed by atoms with Gasteiger partial charge in [-0.05, 0) is 87.1 Å². The minimum atomic E-state index is -0.535. The summed E-state index contributed by atoms with van der Waals surface area (Å²) in [7, 11) is 0. The number of nitrogens with zero attached hydrogens (tertiary/aromatic N) is 1. The Bertz CT molecular complexity index is 951. The predicted octanol–water partition coefficient (Wildman–Crippen LogP) is 4.35. The van der Waals surface area contributed by atoms with Gasteiger partial charge in [0.2, 0.25) is 0 Å². The molecule has 2 aromatic rings. The third-order valence-corrected chi connectivity index (χ3v) is 7.36. The summed E-state index contributed by atoms with van der Waals surface area (Å²) in [5, 5.41) is 3.21. The van der Waals surface area contributed by atoms with E-state index in [-0.39, 0.29) is 11.9 Å². The highest BCUT2D eigenvalue weighted by atomic mass is 16.5. The van der Waals surface area contributed by atoms with Crippen molar-refractivity contribution in [3.05, 3.63) is 58.7 Å². The van der Waals surface area contributed by atoms with Crippen LogP contribution in [0.2, 0.25) is 0 Å². The molecule has 0 spiro atoms. The van der Waals surface area contributed by atoms with Gasteiger partial charge in [0.15, 0.2) is 6.10 Å². The maximum Gasteiger partial charge on any atom is 0.260 e. The molecule has 1 aliphatic carbocycles. The first-order valence-electron chi connectivity index (χ1n) is 11.9. The molecule has 2 fully saturated rings. The molecule has 1 heterocycles. The molecular formula is C27H37N3O2. The zero-order chi connectivity index (χ0) is 22.8. The van der Waals surface area contributed by atoms with Crippen molar-refractivity contribution in [2.75, 3.05) is 25.4 Å². The molecule has 1 saturated heterocycles. The number of likely N-dealkylation sites (tertiary alicyclic amines) is 1. The van der Waals surface area contributed by atoms with Crippen molar-refractivity contribution in [2.45, 2.75) is 65.0 Å². The van der Waals surface area contributed by atoms with Crippen molar-refractivity contribution >= 4 is 11.6 Å². The van der Waals surface area contributed by atoms with Gasteiger partial charge in [0.1, 0.15) is 5.75 Å². The minimum absolute atomic E-state index is 0.0404. The van der Waals surface area contributed by atoms with E-state index in [4.69, 9.17) is 10.5 Å². The highest BCUT2D eigenvalue weighted by Gasteiger charge is 2.39. The van der Waals surface area contributed by atoms with Gasteiger partial charge in [-0.25, -0.2) is 0 Å². The van der Waals surface area contributed by atoms with Gasteiger partial charge in [0.25, 0.3) is 5.91 Å². The lowest BCUT2D eigenvalue weighted by Gasteiger charge is -2.33. The lowest BCUT2D eigenvalue weighted by atomic mass is 10.0. The molecule has 2 aromatic carbocycles. The molecule has 32 heavy (non-hydrogen) atoms. The summed E-state index contributed by atoms with van der Waals surface area (Å²) in [6, 6.07) is 13.0. The van der Waals surface area contributed by atoms with E-state index in [1.54, 1.807) is 0 Å². The highest BCUT2D eigenvalue weighted by molar-refractivity contribution is 5.81. The lowest BCUT2D eigenvalue weighted by Crippen LogP contribution is -2.48. The van der Waals surface area contributed by atoms with Crippen molar-refractivity contribution in [1.29, 1.82) is 0 Å². The number of amides is 1. The number of hydrogen-bond donors (Lipinski definition) is 2. The molecule has 4 rings (SSSR count). The Labute approximate surface area is 192 Å². The molecule has 0 radical (unpaired) electrons. The number of anilines is 1. The molecule has 3 unspecified atom stereocenters. The van der Waals surface area contributed by atoms with E-state index in [1.807, 2.05) is 33.8 Å². The third-order valence-electron chi connectivity index (χ3n) is 7.36. The number of carbonyl (C=O) groups is 1. The fourth-order valence-corrected chi connectivity index (χ4v) is 4.90. The molecule has 1 aliphatic heterocycles. The molecule has 0 bridgehead atoms. The van der Waals surface area contributed by atoms with E-state index in [1.165, 1.54) is 18.5 Å². The van der Waals surface area contributed by atoms with Crippen LogP contribution in [0.5, 0.6) is 5.75 Å². The van der Waals surface area contributed by atoms with Crippen molar-refractivity contribution in [3.63, 3.8) is 0 Å². The van der Waals surface area contributed by atoms with Crippen LogP contribution in [0.1, 0.15) is 54.4 Å². The first kappa shape index (κ1) is 22.7. The topological polar surface area (TPSA) is 67.6 Å². The summed E-state index contributed by atoms with van der Waals surface area (Å²) in [6.07, 6.45) is 2.77. The van der Waals surface area contributed by atoms with Crippen LogP contribution in [0.15, 0.2) is 36.4 Å². The first-order valence-corrected chi connectivity index (χ1v) is 11.9. The second-order valence-electron chi connectivity index (χ2n) is 9.71. The lowest BCUT2D eigenvalue weighted by molar-refractivity contribution is -0.128. The van der Waals surface area contributed by atoms with Gasteiger partial charge in [0, 0.05) is 31.4 Å². The maximum absolute atomic E-state index is 12.8. The number of benzene rings is 2. The fraction of sp³-hybridized carbons (Fsp3) is 0.519. The zero-order valence-electron chi connectivity index (χ0n) is 19.9. The van der Waals surface area contributed by atoms with E-state index in [2.05, 4.69) is 40.5 Å². The standard InChI is InChI=1S/C27H37N3O2/c1-17-14-25(18(2)19(3)26(17)28)32-20(4)27(31)29-23-10-12-30(13-11-23)16-22-15-24(22)21-8-6-5-7-9-21/h5-9,14,20,22-24H,10-13,15-16,28H2,1-4H3,(H,29,31). The third kappa shape index (κ3) is 5.09. The maximum atomic E-state index is 12.8. The van der Waals surface area contributed by atoms with Gasteiger partial charge in [-0.2, -0.15) is 0 Å². The van der Waals surface area contributed by atoms with Gasteiger partial charge in [-0.15, -0.1) is 0 Å². The SMILES string of the molecule is Cc1cc(OC(C)C(=O)NC2CCN(CC3CC3c3ccccc3)CC2)c(C)c(C)c1N. The number of nitrogens with two attached hydrogens (primary N) is 1. The molecule has 5 nitrogen and oxygen atoms in total. The van der Waals surface area contributed by atoms with Crippen LogP contribution in [0.3, 0.4) is 0 Å². The molecule has 2 aliphatic rings. The van der Waals surface area contributed by atoms with Crippen LogP contribution in [-0.2, 0) is 4.79 Å². The number of hydrogen-bond acceptors (Lipinski definition) is 4. The van der Waals surface area contributed by atoms with Gasteiger partial charge in [0.05, 0.1) is 0 Å². The van der Waals surface area contributed by atoms with E-state index in [9.17, 15) is 4.79 Å². The molecule has 3 atom stereocenters. The van der Waals surface area contributed by atoms with Crippen LogP contribution in [0, 0.1) is 26.7 Å². The summed E-state index contributed by atoms with van der Waals surface area (Å²) < 4.78 is 6.02. The molecule has 1 amide bonds. The summed E-state index contributed by atoms with van der Waals surface area (Å²) in [6.45, 7) is 11.0. The summed E-state index contributed by atoms with van der Waals surface area (Å²) in [5.41, 5.74) is 11.4. The monoisotopic (exact) mass is 435 g/mol. The fourth-order valence-electron chi connectivity index (χ4n) is 4.90. The highest BCUT2D eigenvalue weighted by Crippen LogP contribution is 2.47. The molecule has 5 heteroatoms. The smallest absolute Gasteiger partial charge is 0.260 e. The minimum Gasteiger partial charge on any atom is -0.481 e. The van der Waals surface area contributed by atoms with Crippen molar-refractivity contribution in [2.24, 2.45) is 5.92 Å². The van der Waals surface area contributed by atoms with Crippen LogP contribution < -0.4 is 15.8 Å². The summed E-state index contributed by atoms with van der Waals surface area (Å²) in [5.74, 6) is 2.22. The molecule has 172 valence electrons. The Hall–Kier alpha value is -2.53. The van der Waals surface area contributed by atoms with E-state index in [0.717, 1.165) is 65.9 Å². The van der Waals surface area contributed by atoms with Crippen LogP contribution in [0.4, 0.5) is 5.69 Å². The van der Waals surface area contributed by atoms with E-state index >= 15 is 0 Å². The van der Waals surface area contributed by atoms with Gasteiger partial charge in [-0.3, -0.25) is 4.79 Å². The summed E-state index contributed by atoms with van der Waals surface area (Å²) in [4.78, 5) is 15.3. The Morgan fingerprint density at radius 1 is 1.16 bits per heavy atom. The van der Waals surface area contributed by atoms with Gasteiger partial charge >= 0.3 is 0 Å². The van der Waals surface area contributed by atoms with E-state index in [0.29, 0.717) is 0 Å². The molecule has 0 aromatic heterocycles. The van der Waals surface area contributed by atoms with Crippen molar-refractivity contribution in [3.8, 4) is 5.75 Å². The normalized spacial score (nSPS) is 22.4. The molecule has 3 N–H and O–H groups in total. The Kier molecular flexibility index (Phi) is 6.75. The Balaban J connectivity index is 1.22. The summed E-state index contributed by atoms with van der Waals surface area (Å²) >= 11 is 0. The zero-order valence-corrected chi connectivity index (χ0v) is 19.9. The van der Waals surface area contributed by atoms with Crippen LogP contribution in [-0.4, -0.2) is 42.6 Å². The number of aryl methyl sites for hydroxylation is 1. The first-order chi connectivity index (χ1) is 15.3. The van der Waals surface area contributed by atoms with Crippen molar-refractivity contribution in [1.82, 2.24) is 10.2 Å². The van der Waals surface area contributed by atoms with Crippen LogP contribution >= 0.6 is 0 Å². The number of nitrogens with one attached hydrogen (secondary N) is 1. The Morgan fingerprint density at radius 3 is 2.53 bits per heavy atom. The molecule has 1 saturated carbocycles.